The standard InChI is InChI=1S/C12H16F3NO2/c13-12(14,15)7(11(17)18)4-16-10-8-5-1-2-6(3-5)9(8)10/h5-10,16H,1-4H2,(H,17,18). The van der Waals surface area contributed by atoms with Gasteiger partial charge in [0, 0.05) is 12.6 Å². The van der Waals surface area contributed by atoms with Gasteiger partial charge in [0.05, 0.1) is 0 Å². The topological polar surface area (TPSA) is 49.3 Å². The Labute approximate surface area is 103 Å². The molecule has 0 aromatic rings. The molecule has 0 aromatic carbocycles. The summed E-state index contributed by atoms with van der Waals surface area (Å²) in [4.78, 5) is 10.6. The van der Waals surface area contributed by atoms with Crippen LogP contribution < -0.4 is 5.32 Å². The number of carbonyl (C=O) groups is 1. The number of aliphatic carboxylic acids is 1. The lowest BCUT2D eigenvalue weighted by Gasteiger charge is -2.18. The van der Waals surface area contributed by atoms with E-state index in [2.05, 4.69) is 5.32 Å². The van der Waals surface area contributed by atoms with Gasteiger partial charge in [-0.3, -0.25) is 4.79 Å². The zero-order valence-corrected chi connectivity index (χ0v) is 9.78. The van der Waals surface area contributed by atoms with E-state index in [0.717, 1.165) is 0 Å². The second-order valence-electron chi connectivity index (χ2n) is 5.85. The van der Waals surface area contributed by atoms with Crippen LogP contribution in [0.5, 0.6) is 0 Å². The first-order chi connectivity index (χ1) is 8.39. The third-order valence-electron chi connectivity index (χ3n) is 4.99. The van der Waals surface area contributed by atoms with Crippen molar-refractivity contribution >= 4 is 5.97 Å². The fraction of sp³-hybridized carbons (Fsp3) is 0.917. The van der Waals surface area contributed by atoms with Crippen molar-refractivity contribution in [2.45, 2.75) is 31.5 Å². The first-order valence-electron chi connectivity index (χ1n) is 6.42. The fourth-order valence-electron chi connectivity index (χ4n) is 4.20. The summed E-state index contributed by atoms with van der Waals surface area (Å²) in [6.07, 6.45) is -1.03. The Morgan fingerprint density at radius 3 is 2.28 bits per heavy atom. The molecule has 18 heavy (non-hydrogen) atoms. The number of fused-ring (bicyclic) bond motifs is 5. The Morgan fingerprint density at radius 1 is 1.28 bits per heavy atom. The average molecular weight is 263 g/mol. The molecule has 6 heteroatoms. The summed E-state index contributed by atoms with van der Waals surface area (Å²) in [5.74, 6) is -1.68. The van der Waals surface area contributed by atoms with Crippen LogP contribution in [0.25, 0.3) is 0 Å². The van der Waals surface area contributed by atoms with Crippen LogP contribution in [-0.4, -0.2) is 29.8 Å². The van der Waals surface area contributed by atoms with Crippen LogP contribution in [0.15, 0.2) is 0 Å². The van der Waals surface area contributed by atoms with Gasteiger partial charge in [-0.05, 0) is 42.9 Å². The van der Waals surface area contributed by atoms with Crippen LogP contribution in [0, 0.1) is 29.6 Å². The van der Waals surface area contributed by atoms with Crippen LogP contribution in [0.4, 0.5) is 13.2 Å². The quantitative estimate of drug-likeness (QED) is 0.814. The maximum absolute atomic E-state index is 12.5. The fourth-order valence-corrected chi connectivity index (χ4v) is 4.20. The van der Waals surface area contributed by atoms with Gasteiger partial charge in [-0.25, -0.2) is 0 Å². The van der Waals surface area contributed by atoms with E-state index in [0.29, 0.717) is 23.7 Å². The first-order valence-corrected chi connectivity index (χ1v) is 6.42. The number of halogens is 3. The number of rotatable bonds is 4. The molecule has 0 spiro atoms. The zero-order chi connectivity index (χ0) is 13.1. The minimum atomic E-state index is -4.66. The summed E-state index contributed by atoms with van der Waals surface area (Å²) >= 11 is 0. The van der Waals surface area contributed by atoms with Crippen LogP contribution in [0.3, 0.4) is 0 Å². The van der Waals surface area contributed by atoms with Crippen molar-refractivity contribution in [2.75, 3.05) is 6.54 Å². The number of hydrogen-bond donors (Lipinski definition) is 2. The maximum atomic E-state index is 12.5. The molecule has 5 unspecified atom stereocenters. The first kappa shape index (κ1) is 12.3. The van der Waals surface area contributed by atoms with Gasteiger partial charge in [0.2, 0.25) is 0 Å². The Bertz CT molecular complexity index is 355. The van der Waals surface area contributed by atoms with Crippen molar-refractivity contribution in [3.05, 3.63) is 0 Å². The highest BCUT2D eigenvalue weighted by atomic mass is 19.4. The van der Waals surface area contributed by atoms with E-state index in [9.17, 15) is 18.0 Å². The molecule has 0 radical (unpaired) electrons. The Hall–Kier alpha value is -0.780. The summed E-state index contributed by atoms with van der Waals surface area (Å²) < 4.78 is 37.4. The van der Waals surface area contributed by atoms with Crippen molar-refractivity contribution in [3.63, 3.8) is 0 Å². The van der Waals surface area contributed by atoms with E-state index in [4.69, 9.17) is 5.11 Å². The van der Waals surface area contributed by atoms with Crippen molar-refractivity contribution in [1.82, 2.24) is 5.32 Å². The molecule has 3 aliphatic rings. The van der Waals surface area contributed by atoms with Crippen molar-refractivity contribution in [3.8, 4) is 0 Å². The molecule has 5 atom stereocenters. The largest absolute Gasteiger partial charge is 0.481 e. The van der Waals surface area contributed by atoms with Crippen LogP contribution in [0.1, 0.15) is 19.3 Å². The van der Waals surface area contributed by atoms with E-state index >= 15 is 0 Å². The van der Waals surface area contributed by atoms with Crippen molar-refractivity contribution in [1.29, 1.82) is 0 Å². The van der Waals surface area contributed by atoms with Gasteiger partial charge < -0.3 is 10.4 Å². The molecule has 3 fully saturated rings. The molecule has 3 saturated carbocycles. The number of alkyl halides is 3. The van der Waals surface area contributed by atoms with E-state index in [-0.39, 0.29) is 6.04 Å². The molecule has 3 aliphatic carbocycles. The predicted octanol–water partition coefficient (Wildman–Crippen LogP) is 1.88. The number of carboxylic acid groups (broad SMARTS) is 1. The van der Waals surface area contributed by atoms with Crippen LogP contribution >= 0.6 is 0 Å². The molecule has 0 aromatic heterocycles. The summed E-state index contributed by atoms with van der Waals surface area (Å²) in [5.41, 5.74) is 0. The minimum Gasteiger partial charge on any atom is -0.481 e. The zero-order valence-electron chi connectivity index (χ0n) is 9.78. The Kier molecular flexibility index (Phi) is 2.63. The van der Waals surface area contributed by atoms with E-state index in [1.807, 2.05) is 0 Å². The molecule has 0 amide bonds. The lowest BCUT2D eigenvalue weighted by atomic mass is 10.0. The van der Waals surface area contributed by atoms with E-state index in [1.165, 1.54) is 19.3 Å². The highest BCUT2D eigenvalue weighted by Gasteiger charge is 2.65. The highest BCUT2D eigenvalue weighted by molar-refractivity contribution is 5.71. The molecule has 2 N–H and O–H groups in total. The molecular weight excluding hydrogens is 247 g/mol. The van der Waals surface area contributed by atoms with Crippen molar-refractivity contribution < 1.29 is 23.1 Å². The molecule has 102 valence electrons. The number of nitrogens with one attached hydrogen (secondary N) is 1. The Morgan fingerprint density at radius 2 is 1.83 bits per heavy atom. The van der Waals surface area contributed by atoms with Gasteiger partial charge in [0.1, 0.15) is 0 Å². The van der Waals surface area contributed by atoms with Gasteiger partial charge in [-0.15, -0.1) is 0 Å². The van der Waals surface area contributed by atoms with E-state index in [1.54, 1.807) is 0 Å². The molecular formula is C12H16F3NO2. The second kappa shape index (κ2) is 3.85. The minimum absolute atomic E-state index is 0.139. The van der Waals surface area contributed by atoms with Gasteiger partial charge in [-0.1, -0.05) is 0 Å². The second-order valence-corrected chi connectivity index (χ2v) is 5.85. The third kappa shape index (κ3) is 1.81. The number of carboxylic acids is 1. The summed E-state index contributed by atoms with van der Waals surface area (Å²) in [7, 11) is 0. The number of hydrogen-bond acceptors (Lipinski definition) is 2. The molecule has 3 nitrogen and oxygen atoms in total. The summed E-state index contributed by atoms with van der Waals surface area (Å²) in [6.45, 7) is -0.490. The molecule has 0 heterocycles. The normalized spacial score (nSPS) is 42.7. The molecule has 2 bridgehead atoms. The smallest absolute Gasteiger partial charge is 0.403 e. The molecule has 0 aliphatic heterocycles. The van der Waals surface area contributed by atoms with Gasteiger partial charge in [0.15, 0.2) is 5.92 Å². The monoisotopic (exact) mass is 263 g/mol. The third-order valence-corrected chi connectivity index (χ3v) is 4.99. The lowest BCUT2D eigenvalue weighted by Crippen LogP contribution is -2.40. The van der Waals surface area contributed by atoms with Gasteiger partial charge in [0.25, 0.3) is 0 Å². The van der Waals surface area contributed by atoms with Crippen molar-refractivity contribution in [2.24, 2.45) is 29.6 Å². The summed E-state index contributed by atoms with van der Waals surface area (Å²) in [5, 5.41) is 11.4. The summed E-state index contributed by atoms with van der Waals surface area (Å²) in [6, 6.07) is 0.139. The highest BCUT2D eigenvalue weighted by Crippen LogP contribution is 2.65. The Balaban J connectivity index is 1.55. The van der Waals surface area contributed by atoms with Crippen LogP contribution in [0.2, 0.25) is 0 Å². The van der Waals surface area contributed by atoms with Gasteiger partial charge >= 0.3 is 12.1 Å². The molecule has 3 rings (SSSR count). The predicted molar refractivity (Wildman–Crippen MR) is 56.8 cm³/mol. The SMILES string of the molecule is O=C(O)C(CNC1C2C3CCC(C3)C12)C(F)(F)F. The van der Waals surface area contributed by atoms with E-state index < -0.39 is 24.6 Å². The van der Waals surface area contributed by atoms with Gasteiger partial charge in [-0.2, -0.15) is 13.2 Å². The van der Waals surface area contributed by atoms with Crippen LogP contribution in [-0.2, 0) is 4.79 Å². The molecule has 0 saturated heterocycles. The maximum Gasteiger partial charge on any atom is 0.403 e. The lowest BCUT2D eigenvalue weighted by molar-refractivity contribution is -0.192. The average Bonchev–Trinajstić information content (AvgIpc) is 2.66.